The quantitative estimate of drug-likeness (QED) is 0.794. The number of ketones is 1. The van der Waals surface area contributed by atoms with Gasteiger partial charge in [0.05, 0.1) is 0 Å². The van der Waals surface area contributed by atoms with Crippen LogP contribution in [0.3, 0.4) is 0 Å². The first-order chi connectivity index (χ1) is 7.95. The van der Waals surface area contributed by atoms with Crippen molar-refractivity contribution in [1.82, 2.24) is 0 Å². The first-order valence-electron chi connectivity index (χ1n) is 6.27. The molecule has 0 aliphatic rings. The fourth-order valence-corrected chi connectivity index (χ4v) is 2.01. The Morgan fingerprint density at radius 2 is 1.88 bits per heavy atom. The number of aryl methyl sites for hydroxylation is 2. The fraction of sp³-hybridized carbons (Fsp3) is 0.533. The first-order valence-corrected chi connectivity index (χ1v) is 6.27. The van der Waals surface area contributed by atoms with E-state index in [9.17, 15) is 4.79 Å². The van der Waals surface area contributed by atoms with Gasteiger partial charge >= 0.3 is 0 Å². The molecule has 0 saturated heterocycles. The van der Waals surface area contributed by atoms with E-state index in [1.54, 1.807) is 0 Å². The van der Waals surface area contributed by atoms with Crippen LogP contribution in [0, 0.1) is 25.7 Å². The average Bonchev–Trinajstić information content (AvgIpc) is 2.28. The monoisotopic (exact) mass is 233 g/mol. The zero-order chi connectivity index (χ0) is 13.0. The standard InChI is InChI=1S/C15H23NO/c1-10(2)7-14(9-16)15(17)13-6-5-11(3)12(4)8-13/h5-6,8,10,14H,7,9,16H2,1-4H3. The number of carbonyl (C=O) groups excluding carboxylic acids is 1. The van der Waals surface area contributed by atoms with Crippen molar-refractivity contribution < 1.29 is 4.79 Å². The van der Waals surface area contributed by atoms with Crippen molar-refractivity contribution in [3.8, 4) is 0 Å². The molecule has 1 unspecified atom stereocenters. The fourth-order valence-electron chi connectivity index (χ4n) is 2.01. The van der Waals surface area contributed by atoms with Crippen molar-refractivity contribution in [3.05, 3.63) is 34.9 Å². The Hall–Kier alpha value is -1.15. The van der Waals surface area contributed by atoms with Crippen LogP contribution >= 0.6 is 0 Å². The highest BCUT2D eigenvalue weighted by Crippen LogP contribution is 2.18. The highest BCUT2D eigenvalue weighted by molar-refractivity contribution is 5.98. The number of benzene rings is 1. The van der Waals surface area contributed by atoms with E-state index in [-0.39, 0.29) is 11.7 Å². The number of carbonyl (C=O) groups is 1. The lowest BCUT2D eigenvalue weighted by Gasteiger charge is -2.16. The molecule has 1 rings (SSSR count). The maximum atomic E-state index is 12.3. The van der Waals surface area contributed by atoms with Gasteiger partial charge in [0.1, 0.15) is 0 Å². The van der Waals surface area contributed by atoms with Gasteiger partial charge < -0.3 is 5.73 Å². The van der Waals surface area contributed by atoms with Gasteiger partial charge in [0.15, 0.2) is 5.78 Å². The number of hydrogen-bond acceptors (Lipinski definition) is 2. The molecule has 0 aromatic heterocycles. The predicted octanol–water partition coefficient (Wildman–Crippen LogP) is 3.11. The molecule has 2 nitrogen and oxygen atoms in total. The number of Topliss-reactive ketones (excluding diaryl/α,β-unsaturated/α-hetero) is 1. The van der Waals surface area contributed by atoms with Crippen LogP contribution in [-0.4, -0.2) is 12.3 Å². The van der Waals surface area contributed by atoms with Gasteiger partial charge in [-0.05, 0) is 43.4 Å². The summed E-state index contributed by atoms with van der Waals surface area (Å²) in [4.78, 5) is 12.3. The molecule has 0 radical (unpaired) electrons. The highest BCUT2D eigenvalue weighted by Gasteiger charge is 2.19. The van der Waals surface area contributed by atoms with Crippen molar-refractivity contribution in [1.29, 1.82) is 0 Å². The largest absolute Gasteiger partial charge is 0.330 e. The molecule has 94 valence electrons. The van der Waals surface area contributed by atoms with Crippen molar-refractivity contribution in [2.75, 3.05) is 6.54 Å². The third-order valence-electron chi connectivity index (χ3n) is 3.20. The van der Waals surface area contributed by atoms with Gasteiger partial charge in [-0.3, -0.25) is 4.79 Å². The van der Waals surface area contributed by atoms with E-state index in [1.165, 1.54) is 5.56 Å². The van der Waals surface area contributed by atoms with Gasteiger partial charge in [0.2, 0.25) is 0 Å². The summed E-state index contributed by atoms with van der Waals surface area (Å²) in [5.41, 5.74) is 8.88. The van der Waals surface area contributed by atoms with Crippen LogP contribution in [0.5, 0.6) is 0 Å². The van der Waals surface area contributed by atoms with E-state index < -0.39 is 0 Å². The molecule has 1 aromatic rings. The molecule has 1 aromatic carbocycles. The maximum Gasteiger partial charge on any atom is 0.167 e. The molecule has 2 heteroatoms. The van der Waals surface area contributed by atoms with Crippen molar-refractivity contribution >= 4 is 5.78 Å². The molecule has 0 saturated carbocycles. The summed E-state index contributed by atoms with van der Waals surface area (Å²) in [6.45, 7) is 8.76. The summed E-state index contributed by atoms with van der Waals surface area (Å²) in [6.07, 6.45) is 0.863. The molecule has 0 spiro atoms. The number of nitrogens with two attached hydrogens (primary N) is 1. The maximum absolute atomic E-state index is 12.3. The Morgan fingerprint density at radius 3 is 2.35 bits per heavy atom. The number of rotatable bonds is 5. The molecule has 17 heavy (non-hydrogen) atoms. The SMILES string of the molecule is Cc1ccc(C(=O)C(CN)CC(C)C)cc1C. The zero-order valence-electron chi connectivity index (χ0n) is 11.3. The highest BCUT2D eigenvalue weighted by atomic mass is 16.1. The van der Waals surface area contributed by atoms with Crippen LogP contribution in [0.4, 0.5) is 0 Å². The molecule has 0 fully saturated rings. The van der Waals surface area contributed by atoms with Gasteiger partial charge in [-0.2, -0.15) is 0 Å². The molecular formula is C15H23NO. The minimum absolute atomic E-state index is 0.0443. The third kappa shape index (κ3) is 3.67. The summed E-state index contributed by atoms with van der Waals surface area (Å²) >= 11 is 0. The van der Waals surface area contributed by atoms with Crippen LogP contribution < -0.4 is 5.73 Å². The summed E-state index contributed by atoms with van der Waals surface area (Å²) in [5.74, 6) is 0.639. The van der Waals surface area contributed by atoms with E-state index in [0.717, 1.165) is 17.5 Å². The minimum Gasteiger partial charge on any atom is -0.330 e. The van der Waals surface area contributed by atoms with Crippen LogP contribution in [0.2, 0.25) is 0 Å². The van der Waals surface area contributed by atoms with E-state index in [1.807, 2.05) is 25.1 Å². The van der Waals surface area contributed by atoms with Crippen LogP contribution in [-0.2, 0) is 0 Å². The molecule has 1 atom stereocenters. The van der Waals surface area contributed by atoms with Crippen LogP contribution in [0.25, 0.3) is 0 Å². The molecule has 0 aliphatic carbocycles. The Labute approximate surface area is 104 Å². The molecule has 0 amide bonds. The average molecular weight is 233 g/mol. The lowest BCUT2D eigenvalue weighted by molar-refractivity contribution is 0.0908. The molecule has 0 aliphatic heterocycles. The van der Waals surface area contributed by atoms with Gasteiger partial charge in [-0.15, -0.1) is 0 Å². The zero-order valence-corrected chi connectivity index (χ0v) is 11.3. The third-order valence-corrected chi connectivity index (χ3v) is 3.20. The van der Waals surface area contributed by atoms with Crippen LogP contribution in [0.1, 0.15) is 41.8 Å². The smallest absolute Gasteiger partial charge is 0.167 e. The van der Waals surface area contributed by atoms with Gasteiger partial charge in [0.25, 0.3) is 0 Å². The lowest BCUT2D eigenvalue weighted by atomic mass is 9.89. The summed E-state index contributed by atoms with van der Waals surface area (Å²) in [5, 5.41) is 0. The van der Waals surface area contributed by atoms with Crippen molar-refractivity contribution in [2.24, 2.45) is 17.6 Å². The Morgan fingerprint density at radius 1 is 1.24 bits per heavy atom. The second-order valence-corrected chi connectivity index (χ2v) is 5.23. The molecular weight excluding hydrogens is 210 g/mol. The van der Waals surface area contributed by atoms with Gasteiger partial charge in [-0.1, -0.05) is 26.0 Å². The summed E-state index contributed by atoms with van der Waals surface area (Å²) in [6, 6.07) is 5.89. The van der Waals surface area contributed by atoms with Gasteiger partial charge in [-0.25, -0.2) is 0 Å². The Kier molecular flexibility index (Phi) is 4.88. The Balaban J connectivity index is 2.90. The minimum atomic E-state index is -0.0443. The normalized spacial score (nSPS) is 12.8. The molecule has 0 heterocycles. The van der Waals surface area contributed by atoms with E-state index in [4.69, 9.17) is 5.73 Å². The Bertz CT molecular complexity index is 396. The van der Waals surface area contributed by atoms with E-state index in [2.05, 4.69) is 20.8 Å². The molecule has 0 bridgehead atoms. The summed E-state index contributed by atoms with van der Waals surface area (Å²) in [7, 11) is 0. The molecule has 2 N–H and O–H groups in total. The predicted molar refractivity (Wildman–Crippen MR) is 72.2 cm³/mol. The summed E-state index contributed by atoms with van der Waals surface area (Å²) < 4.78 is 0. The second-order valence-electron chi connectivity index (χ2n) is 5.23. The van der Waals surface area contributed by atoms with E-state index in [0.29, 0.717) is 12.5 Å². The lowest BCUT2D eigenvalue weighted by Crippen LogP contribution is -2.25. The second kappa shape index (κ2) is 5.97. The van der Waals surface area contributed by atoms with Crippen molar-refractivity contribution in [3.63, 3.8) is 0 Å². The van der Waals surface area contributed by atoms with Gasteiger partial charge in [0, 0.05) is 18.0 Å². The topological polar surface area (TPSA) is 43.1 Å². The van der Waals surface area contributed by atoms with Crippen molar-refractivity contribution in [2.45, 2.75) is 34.1 Å². The van der Waals surface area contributed by atoms with E-state index >= 15 is 0 Å². The first kappa shape index (κ1) is 13.9. The van der Waals surface area contributed by atoms with Crippen LogP contribution in [0.15, 0.2) is 18.2 Å². The number of hydrogen-bond donors (Lipinski definition) is 1.